The third-order valence-electron chi connectivity index (χ3n) is 6.57. The smallest absolute Gasteiger partial charge is 0.251 e. The highest BCUT2D eigenvalue weighted by Crippen LogP contribution is 2.28. The van der Waals surface area contributed by atoms with Gasteiger partial charge in [0.1, 0.15) is 11.5 Å². The SMILES string of the molecule is COc1ccc(CN2CC=C(c3cccc(CNC(=O)c4cc(C)ccc4C)c3)CC2)c(OC)c1. The number of ether oxygens (including phenoxy) is 2. The van der Waals surface area contributed by atoms with E-state index in [0.29, 0.717) is 6.54 Å². The van der Waals surface area contributed by atoms with Gasteiger partial charge in [-0.3, -0.25) is 9.69 Å². The molecule has 0 fully saturated rings. The zero-order chi connectivity index (χ0) is 24.8. The van der Waals surface area contributed by atoms with Crippen molar-refractivity contribution in [3.05, 3.63) is 100 Å². The number of hydrogen-bond donors (Lipinski definition) is 1. The molecule has 3 aromatic carbocycles. The van der Waals surface area contributed by atoms with Crippen molar-refractivity contribution in [2.24, 2.45) is 0 Å². The molecular formula is C30H34N2O3. The molecule has 5 nitrogen and oxygen atoms in total. The number of hydrogen-bond acceptors (Lipinski definition) is 4. The lowest BCUT2D eigenvalue weighted by molar-refractivity contribution is 0.0950. The van der Waals surface area contributed by atoms with Gasteiger partial charge in [0.2, 0.25) is 0 Å². The van der Waals surface area contributed by atoms with Gasteiger partial charge in [0.05, 0.1) is 14.2 Å². The Bertz CT molecular complexity index is 1230. The minimum Gasteiger partial charge on any atom is -0.497 e. The third-order valence-corrected chi connectivity index (χ3v) is 6.57. The van der Waals surface area contributed by atoms with E-state index in [1.54, 1.807) is 14.2 Å². The van der Waals surface area contributed by atoms with Crippen molar-refractivity contribution in [2.75, 3.05) is 27.3 Å². The summed E-state index contributed by atoms with van der Waals surface area (Å²) in [6.07, 6.45) is 3.30. The molecule has 3 aromatic rings. The van der Waals surface area contributed by atoms with Crippen LogP contribution in [-0.4, -0.2) is 38.1 Å². The molecule has 0 saturated heterocycles. The van der Waals surface area contributed by atoms with Crippen LogP contribution in [-0.2, 0) is 13.1 Å². The van der Waals surface area contributed by atoms with Crippen molar-refractivity contribution in [1.29, 1.82) is 0 Å². The number of rotatable bonds is 8. The monoisotopic (exact) mass is 470 g/mol. The van der Waals surface area contributed by atoms with Crippen LogP contribution in [0.2, 0.25) is 0 Å². The summed E-state index contributed by atoms with van der Waals surface area (Å²) in [7, 11) is 3.36. The fourth-order valence-corrected chi connectivity index (χ4v) is 4.48. The molecule has 1 heterocycles. The molecule has 1 N–H and O–H groups in total. The van der Waals surface area contributed by atoms with Gasteiger partial charge in [-0.2, -0.15) is 0 Å². The van der Waals surface area contributed by atoms with Gasteiger partial charge in [-0.25, -0.2) is 0 Å². The van der Waals surface area contributed by atoms with E-state index in [-0.39, 0.29) is 5.91 Å². The molecule has 0 atom stereocenters. The molecule has 1 aliphatic rings. The highest BCUT2D eigenvalue weighted by atomic mass is 16.5. The first-order valence-electron chi connectivity index (χ1n) is 12.0. The Balaban J connectivity index is 1.37. The number of benzene rings is 3. The normalized spacial score (nSPS) is 13.8. The predicted octanol–water partition coefficient (Wildman–Crippen LogP) is 5.54. The summed E-state index contributed by atoms with van der Waals surface area (Å²) >= 11 is 0. The maximum Gasteiger partial charge on any atom is 0.251 e. The minimum atomic E-state index is -0.0295. The lowest BCUT2D eigenvalue weighted by Crippen LogP contribution is -2.28. The number of nitrogens with zero attached hydrogens (tertiary/aromatic N) is 1. The summed E-state index contributed by atoms with van der Waals surface area (Å²) in [5.41, 5.74) is 7.66. The Morgan fingerprint density at radius 2 is 1.86 bits per heavy atom. The number of carbonyl (C=O) groups is 1. The molecule has 1 amide bonds. The molecule has 4 rings (SSSR count). The molecule has 0 radical (unpaired) electrons. The summed E-state index contributed by atoms with van der Waals surface area (Å²) in [4.78, 5) is 15.1. The number of methoxy groups -OCH3 is 2. The van der Waals surface area contributed by atoms with Crippen molar-refractivity contribution in [1.82, 2.24) is 10.2 Å². The van der Waals surface area contributed by atoms with Crippen LogP contribution < -0.4 is 14.8 Å². The van der Waals surface area contributed by atoms with Gasteiger partial charge >= 0.3 is 0 Å². The van der Waals surface area contributed by atoms with E-state index in [9.17, 15) is 4.79 Å². The second-order valence-corrected chi connectivity index (χ2v) is 9.09. The fraction of sp³-hybridized carbons (Fsp3) is 0.300. The topological polar surface area (TPSA) is 50.8 Å². The first-order chi connectivity index (χ1) is 17.0. The summed E-state index contributed by atoms with van der Waals surface area (Å²) in [6, 6.07) is 20.5. The predicted molar refractivity (Wildman–Crippen MR) is 141 cm³/mol. The zero-order valence-corrected chi connectivity index (χ0v) is 21.1. The second kappa shape index (κ2) is 11.2. The minimum absolute atomic E-state index is 0.0295. The summed E-state index contributed by atoms with van der Waals surface area (Å²) in [5.74, 6) is 1.63. The summed E-state index contributed by atoms with van der Waals surface area (Å²) < 4.78 is 10.9. The molecule has 35 heavy (non-hydrogen) atoms. The maximum absolute atomic E-state index is 12.7. The Morgan fingerprint density at radius 3 is 2.60 bits per heavy atom. The van der Waals surface area contributed by atoms with E-state index in [0.717, 1.165) is 65.4 Å². The number of amides is 1. The fourth-order valence-electron chi connectivity index (χ4n) is 4.48. The van der Waals surface area contributed by atoms with Crippen LogP contribution in [0.5, 0.6) is 11.5 Å². The van der Waals surface area contributed by atoms with Gasteiger partial charge < -0.3 is 14.8 Å². The van der Waals surface area contributed by atoms with E-state index < -0.39 is 0 Å². The van der Waals surface area contributed by atoms with Gasteiger partial charge in [-0.1, -0.05) is 48.0 Å². The van der Waals surface area contributed by atoms with Crippen LogP contribution in [0.4, 0.5) is 0 Å². The van der Waals surface area contributed by atoms with Crippen LogP contribution in [0.1, 0.15) is 44.6 Å². The van der Waals surface area contributed by atoms with Gasteiger partial charge in [0.15, 0.2) is 0 Å². The van der Waals surface area contributed by atoms with Crippen LogP contribution in [0.3, 0.4) is 0 Å². The number of aryl methyl sites for hydroxylation is 2. The average Bonchev–Trinajstić information content (AvgIpc) is 2.89. The standard InChI is InChI=1S/C30H34N2O3/c1-21-8-9-22(2)28(16-21)30(33)31-19-23-6-5-7-25(17-23)24-12-14-32(15-13-24)20-26-10-11-27(34-3)18-29(26)35-4/h5-12,16-18H,13-15,19-20H2,1-4H3,(H,31,33). The Labute approximate surface area is 208 Å². The van der Waals surface area contributed by atoms with E-state index in [1.807, 2.05) is 44.2 Å². The van der Waals surface area contributed by atoms with Crippen LogP contribution in [0.25, 0.3) is 5.57 Å². The average molecular weight is 471 g/mol. The molecule has 0 aromatic heterocycles. The lowest BCUT2D eigenvalue weighted by Gasteiger charge is -2.27. The molecular weight excluding hydrogens is 436 g/mol. The largest absolute Gasteiger partial charge is 0.497 e. The van der Waals surface area contributed by atoms with Gasteiger partial charge in [0, 0.05) is 43.4 Å². The molecule has 182 valence electrons. The van der Waals surface area contributed by atoms with Crippen molar-refractivity contribution >= 4 is 11.5 Å². The van der Waals surface area contributed by atoms with Crippen molar-refractivity contribution in [3.63, 3.8) is 0 Å². The molecule has 5 heteroatoms. The Morgan fingerprint density at radius 1 is 1.00 bits per heavy atom. The Kier molecular flexibility index (Phi) is 7.88. The van der Waals surface area contributed by atoms with Crippen LogP contribution in [0.15, 0.2) is 66.7 Å². The lowest BCUT2D eigenvalue weighted by atomic mass is 9.97. The van der Waals surface area contributed by atoms with E-state index >= 15 is 0 Å². The van der Waals surface area contributed by atoms with E-state index in [4.69, 9.17) is 9.47 Å². The maximum atomic E-state index is 12.7. The van der Waals surface area contributed by atoms with Crippen LogP contribution >= 0.6 is 0 Å². The second-order valence-electron chi connectivity index (χ2n) is 9.09. The summed E-state index contributed by atoms with van der Waals surface area (Å²) in [5, 5.41) is 3.08. The first kappa shape index (κ1) is 24.6. The van der Waals surface area contributed by atoms with E-state index in [1.165, 1.54) is 11.1 Å². The van der Waals surface area contributed by atoms with E-state index in [2.05, 4.69) is 46.6 Å². The van der Waals surface area contributed by atoms with Crippen LogP contribution in [0, 0.1) is 13.8 Å². The molecule has 0 saturated carbocycles. The van der Waals surface area contributed by atoms with Crippen molar-refractivity contribution in [2.45, 2.75) is 33.4 Å². The number of carbonyl (C=O) groups excluding carboxylic acids is 1. The van der Waals surface area contributed by atoms with Gasteiger partial charge in [-0.15, -0.1) is 0 Å². The van der Waals surface area contributed by atoms with Crippen molar-refractivity contribution < 1.29 is 14.3 Å². The zero-order valence-electron chi connectivity index (χ0n) is 21.1. The third kappa shape index (κ3) is 6.11. The summed E-state index contributed by atoms with van der Waals surface area (Å²) in [6.45, 7) is 7.19. The molecule has 0 unspecified atom stereocenters. The molecule has 0 bridgehead atoms. The van der Waals surface area contributed by atoms with Gasteiger partial charge in [-0.05, 0) is 60.7 Å². The van der Waals surface area contributed by atoms with Gasteiger partial charge in [0.25, 0.3) is 5.91 Å². The molecule has 0 spiro atoms. The highest BCUT2D eigenvalue weighted by Gasteiger charge is 2.16. The Hall–Kier alpha value is -3.57. The quantitative estimate of drug-likeness (QED) is 0.470. The number of nitrogens with one attached hydrogen (secondary N) is 1. The molecule has 1 aliphatic heterocycles. The van der Waals surface area contributed by atoms with Crippen molar-refractivity contribution in [3.8, 4) is 11.5 Å². The highest BCUT2D eigenvalue weighted by molar-refractivity contribution is 5.95. The molecule has 0 aliphatic carbocycles. The first-order valence-corrected chi connectivity index (χ1v) is 12.0.